The lowest BCUT2D eigenvalue weighted by molar-refractivity contribution is -0.154. The van der Waals surface area contributed by atoms with E-state index in [0.717, 1.165) is 11.1 Å². The van der Waals surface area contributed by atoms with E-state index < -0.39 is 14.4 Å². The Morgan fingerprint density at radius 2 is 1.43 bits per heavy atom. The molecule has 4 nitrogen and oxygen atoms in total. The number of rotatable bonds is 9. The van der Waals surface area contributed by atoms with Crippen molar-refractivity contribution in [3.8, 4) is 0 Å². The van der Waals surface area contributed by atoms with Crippen LogP contribution < -0.4 is 10.4 Å². The van der Waals surface area contributed by atoms with Crippen molar-refractivity contribution in [1.29, 1.82) is 0 Å². The average Bonchev–Trinajstić information content (AvgIpc) is 3.02. The van der Waals surface area contributed by atoms with Crippen molar-refractivity contribution in [2.75, 3.05) is 6.61 Å². The second kappa shape index (κ2) is 13.6. The molecule has 1 fully saturated rings. The third kappa shape index (κ3) is 6.40. The Bertz CT molecular complexity index is 1500. The number of aliphatic hydroxyl groups excluding tert-OH is 1. The van der Waals surface area contributed by atoms with Crippen LogP contribution in [0.4, 0.5) is 0 Å². The van der Waals surface area contributed by atoms with E-state index >= 15 is 0 Å². The molecule has 1 aliphatic rings. The molecule has 44 heavy (non-hydrogen) atoms. The van der Waals surface area contributed by atoms with Gasteiger partial charge < -0.3 is 14.4 Å². The van der Waals surface area contributed by atoms with Crippen molar-refractivity contribution < 1.29 is 14.3 Å². The van der Waals surface area contributed by atoms with E-state index in [9.17, 15) is 9.90 Å². The summed E-state index contributed by atoms with van der Waals surface area (Å²) in [6.45, 7) is 9.17. The quantitative estimate of drug-likeness (QED) is 0.189. The molecule has 1 aliphatic heterocycles. The van der Waals surface area contributed by atoms with Crippen molar-refractivity contribution in [2.45, 2.75) is 69.7 Å². The van der Waals surface area contributed by atoms with Crippen LogP contribution in [-0.4, -0.2) is 43.0 Å². The minimum absolute atomic E-state index is 0.176. The molecule has 4 aromatic carbocycles. The molecule has 0 radical (unpaired) electrons. The van der Waals surface area contributed by atoms with Gasteiger partial charge in [-0.3, -0.25) is 4.79 Å². The van der Waals surface area contributed by atoms with Gasteiger partial charge in [-0.1, -0.05) is 136 Å². The van der Waals surface area contributed by atoms with Gasteiger partial charge in [0.2, 0.25) is 0 Å². The van der Waals surface area contributed by atoms with Crippen molar-refractivity contribution >= 4 is 47.8 Å². The summed E-state index contributed by atoms with van der Waals surface area (Å²) in [5.74, 6) is -0.453. The monoisotopic (exact) mass is 645 g/mol. The third-order valence-corrected chi connectivity index (χ3v) is 14.5. The maximum atomic E-state index is 14.1. The molecule has 0 bridgehead atoms. The van der Waals surface area contributed by atoms with Crippen molar-refractivity contribution in [2.24, 2.45) is 0 Å². The number of hydrogen-bond donors (Lipinski definition) is 1. The molecule has 1 amide bonds. The van der Waals surface area contributed by atoms with Gasteiger partial charge in [0.05, 0.1) is 18.7 Å². The first-order chi connectivity index (χ1) is 21.1. The number of hydrogen-bond acceptors (Lipinski definition) is 3. The van der Waals surface area contributed by atoms with Gasteiger partial charge in [0.15, 0.2) is 0 Å². The second-order valence-corrected chi connectivity index (χ2v) is 17.9. The molecule has 5 rings (SSSR count). The molecule has 0 spiro atoms. The van der Waals surface area contributed by atoms with Crippen LogP contribution in [0.3, 0.4) is 0 Å². The van der Waals surface area contributed by atoms with Gasteiger partial charge in [0.1, 0.15) is 6.10 Å². The molecule has 1 heterocycles. The summed E-state index contributed by atoms with van der Waals surface area (Å²) < 4.78 is 7.34. The number of nitrogens with zero attached hydrogens (tertiary/aromatic N) is 1. The van der Waals surface area contributed by atoms with E-state index in [-0.39, 0.29) is 28.9 Å². The maximum absolute atomic E-state index is 14.1. The predicted octanol–water partition coefficient (Wildman–Crippen LogP) is 7.77. The minimum atomic E-state index is -2.86. The first-order valence-electron chi connectivity index (χ1n) is 15.3. The van der Waals surface area contributed by atoms with Gasteiger partial charge >= 0.3 is 0 Å². The van der Waals surface area contributed by atoms with Crippen LogP contribution in [0.2, 0.25) is 15.1 Å². The SMILES string of the molecule is CCC(CO[Si](c1ccccc1)(c1ccccc1)C(C)(C)C)N1C(=O)[C@@H](O)C[C@H](c2cccc(Cl)c2)[C@H]1c1ccc(Cl)cc1. The summed E-state index contributed by atoms with van der Waals surface area (Å²) in [7, 11) is -2.86. The molecule has 1 N–H and O–H groups in total. The third-order valence-electron chi connectivity index (χ3n) is 8.96. The second-order valence-electron chi connectivity index (χ2n) is 12.7. The van der Waals surface area contributed by atoms with Gasteiger partial charge in [-0.25, -0.2) is 0 Å². The fourth-order valence-corrected chi connectivity index (χ4v) is 11.8. The number of benzene rings is 4. The zero-order valence-corrected chi connectivity index (χ0v) is 28.3. The van der Waals surface area contributed by atoms with E-state index in [1.807, 2.05) is 65.6 Å². The van der Waals surface area contributed by atoms with Crippen LogP contribution in [0.5, 0.6) is 0 Å². The zero-order chi connectivity index (χ0) is 31.5. The molecule has 0 aliphatic carbocycles. The molecular weight excluding hydrogens is 605 g/mol. The van der Waals surface area contributed by atoms with Gasteiger partial charge in [-0.05, 0) is 63.6 Å². The molecule has 1 saturated heterocycles. The Labute approximate surface area is 272 Å². The van der Waals surface area contributed by atoms with Crippen LogP contribution in [0, 0.1) is 0 Å². The fraction of sp³-hybridized carbons (Fsp3) is 0.324. The first kappa shape index (κ1) is 32.5. The normalized spacial score (nSPS) is 20.0. The summed E-state index contributed by atoms with van der Waals surface area (Å²) in [4.78, 5) is 16.0. The lowest BCUT2D eigenvalue weighted by Gasteiger charge is -2.49. The molecule has 230 valence electrons. The summed E-state index contributed by atoms with van der Waals surface area (Å²) in [5.41, 5.74) is 1.94. The Morgan fingerprint density at radius 3 is 1.95 bits per heavy atom. The number of likely N-dealkylation sites (tertiary alicyclic amines) is 1. The molecule has 0 saturated carbocycles. The van der Waals surface area contributed by atoms with E-state index in [4.69, 9.17) is 27.6 Å². The fourth-order valence-electron chi connectivity index (χ4n) is 6.87. The average molecular weight is 647 g/mol. The molecule has 0 aromatic heterocycles. The molecule has 4 aromatic rings. The Kier molecular flexibility index (Phi) is 10.0. The molecule has 4 atom stereocenters. The smallest absolute Gasteiger partial charge is 0.261 e. The van der Waals surface area contributed by atoms with E-state index in [1.54, 1.807) is 0 Å². The van der Waals surface area contributed by atoms with E-state index in [1.165, 1.54) is 10.4 Å². The highest BCUT2D eigenvalue weighted by Crippen LogP contribution is 2.46. The van der Waals surface area contributed by atoms with Crippen LogP contribution in [-0.2, 0) is 9.22 Å². The number of piperidine rings is 1. The summed E-state index contributed by atoms with van der Waals surface area (Å²) in [5, 5.41) is 14.6. The minimum Gasteiger partial charge on any atom is -0.405 e. The maximum Gasteiger partial charge on any atom is 0.261 e. The molecular formula is C37H41Cl2NO3Si. The van der Waals surface area contributed by atoms with Crippen LogP contribution >= 0.6 is 23.2 Å². The molecule has 1 unspecified atom stereocenters. The number of carbonyl (C=O) groups is 1. The number of amides is 1. The van der Waals surface area contributed by atoms with Crippen LogP contribution in [0.25, 0.3) is 0 Å². The number of halogens is 2. The topological polar surface area (TPSA) is 49.8 Å². The number of carbonyl (C=O) groups excluding carboxylic acids is 1. The lowest BCUT2D eigenvalue weighted by atomic mass is 9.78. The first-order valence-corrected chi connectivity index (χ1v) is 18.0. The van der Waals surface area contributed by atoms with Gasteiger partial charge in [-0.15, -0.1) is 0 Å². The van der Waals surface area contributed by atoms with Crippen LogP contribution in [0.1, 0.15) is 63.6 Å². The van der Waals surface area contributed by atoms with Crippen molar-refractivity contribution in [1.82, 2.24) is 4.90 Å². The van der Waals surface area contributed by atoms with E-state index in [0.29, 0.717) is 29.5 Å². The van der Waals surface area contributed by atoms with E-state index in [2.05, 4.69) is 76.2 Å². The standard InChI is InChI=1S/C37H41Cl2NO3Si/c1-5-30(25-43-44(37(2,3)4,31-15-8-6-9-16-31)32-17-10-7-11-18-32)40-35(26-19-21-28(38)22-20-26)33(24-34(41)36(40)42)27-13-12-14-29(39)23-27/h6-23,30,33-35,41H,5,24-25H2,1-4H3/t30?,33-,34+,35-/m1/s1. The van der Waals surface area contributed by atoms with Gasteiger partial charge in [-0.2, -0.15) is 0 Å². The van der Waals surface area contributed by atoms with Gasteiger partial charge in [0.25, 0.3) is 14.2 Å². The molecule has 7 heteroatoms. The van der Waals surface area contributed by atoms with Crippen LogP contribution in [0.15, 0.2) is 109 Å². The highest BCUT2D eigenvalue weighted by atomic mass is 35.5. The highest BCUT2D eigenvalue weighted by molar-refractivity contribution is 6.99. The summed E-state index contributed by atoms with van der Waals surface area (Å²) in [6, 6.07) is 35.8. The predicted molar refractivity (Wildman–Crippen MR) is 184 cm³/mol. The van der Waals surface area contributed by atoms with Crippen molar-refractivity contribution in [3.05, 3.63) is 130 Å². The Morgan fingerprint density at radius 1 is 0.841 bits per heavy atom. The summed E-state index contributed by atoms with van der Waals surface area (Å²) >= 11 is 12.8. The lowest BCUT2D eigenvalue weighted by Crippen LogP contribution is -2.67. The Hall–Kier alpha value is -2.93. The zero-order valence-electron chi connectivity index (χ0n) is 25.8. The highest BCUT2D eigenvalue weighted by Gasteiger charge is 2.51. The number of aliphatic hydroxyl groups is 1. The Balaban J connectivity index is 1.61. The van der Waals surface area contributed by atoms with Gasteiger partial charge in [0, 0.05) is 16.0 Å². The van der Waals surface area contributed by atoms with Crippen molar-refractivity contribution in [3.63, 3.8) is 0 Å². The summed E-state index contributed by atoms with van der Waals surface area (Å²) in [6.07, 6.45) is -0.178. The largest absolute Gasteiger partial charge is 0.405 e.